The van der Waals surface area contributed by atoms with Gasteiger partial charge in [0.05, 0.1) is 5.56 Å². The Balaban J connectivity index is 2.59. The van der Waals surface area contributed by atoms with Crippen LogP contribution in [0.1, 0.15) is 29.4 Å². The lowest BCUT2D eigenvalue weighted by atomic mass is 10.2. The molecule has 0 aliphatic rings. The van der Waals surface area contributed by atoms with Crippen LogP contribution < -0.4 is 16.0 Å². The maximum absolute atomic E-state index is 12.1. The Morgan fingerprint density at radius 1 is 1.24 bits per heavy atom. The van der Waals surface area contributed by atoms with Gasteiger partial charge in [-0.25, -0.2) is 13.4 Å². The Kier molecular flexibility index (Phi) is 8.22. The standard InChI is InChI=1S/C16H19N5O7S/c1-9(14(25)19-8-13(23)24)20-12(22)5-6-18-15(26)11-4-3-10(7-17)16(21-11)29(2,27)28/h3-4,9H,5-6,8H2,1-2H3,(H,18,26)(H,19,25)(H,20,22)(H,23,24). The van der Waals surface area contributed by atoms with Crippen LogP contribution in [0, 0.1) is 11.3 Å². The third-order valence-electron chi connectivity index (χ3n) is 3.39. The van der Waals surface area contributed by atoms with Crippen LogP contribution in [0.15, 0.2) is 17.2 Å². The van der Waals surface area contributed by atoms with E-state index in [2.05, 4.69) is 20.9 Å². The maximum Gasteiger partial charge on any atom is 0.322 e. The van der Waals surface area contributed by atoms with Crippen LogP contribution in [0.2, 0.25) is 0 Å². The van der Waals surface area contributed by atoms with E-state index in [-0.39, 0.29) is 24.2 Å². The molecule has 156 valence electrons. The molecular weight excluding hydrogens is 406 g/mol. The molecule has 0 radical (unpaired) electrons. The van der Waals surface area contributed by atoms with E-state index < -0.39 is 51.1 Å². The van der Waals surface area contributed by atoms with Crippen LogP contribution in [-0.2, 0) is 24.2 Å². The second-order valence-electron chi connectivity index (χ2n) is 5.84. The number of amides is 3. The zero-order valence-corrected chi connectivity index (χ0v) is 16.4. The molecule has 13 heteroatoms. The molecule has 0 saturated heterocycles. The van der Waals surface area contributed by atoms with Crippen molar-refractivity contribution in [1.82, 2.24) is 20.9 Å². The average Bonchev–Trinajstić information content (AvgIpc) is 2.64. The van der Waals surface area contributed by atoms with Gasteiger partial charge >= 0.3 is 5.97 Å². The molecule has 0 aliphatic carbocycles. The third-order valence-corrected chi connectivity index (χ3v) is 4.40. The molecule has 0 saturated carbocycles. The SMILES string of the molecule is CC(NC(=O)CCNC(=O)c1ccc(C#N)c(S(C)(=O)=O)n1)C(=O)NCC(=O)O. The fourth-order valence-corrected chi connectivity index (χ4v) is 2.79. The van der Waals surface area contributed by atoms with Crippen LogP contribution in [0.25, 0.3) is 0 Å². The molecule has 0 aromatic carbocycles. The van der Waals surface area contributed by atoms with Gasteiger partial charge in [0.2, 0.25) is 11.8 Å². The fourth-order valence-electron chi connectivity index (χ4n) is 2.01. The number of sulfone groups is 1. The highest BCUT2D eigenvalue weighted by molar-refractivity contribution is 7.90. The number of hydrogen-bond acceptors (Lipinski definition) is 8. The van der Waals surface area contributed by atoms with Gasteiger partial charge in [0.25, 0.3) is 5.91 Å². The van der Waals surface area contributed by atoms with E-state index >= 15 is 0 Å². The minimum absolute atomic E-state index is 0.135. The molecule has 0 spiro atoms. The molecule has 12 nitrogen and oxygen atoms in total. The number of nitrogens with one attached hydrogen (secondary N) is 3. The maximum atomic E-state index is 12.1. The number of rotatable bonds is 9. The van der Waals surface area contributed by atoms with E-state index in [0.29, 0.717) is 0 Å². The summed E-state index contributed by atoms with van der Waals surface area (Å²) in [6.45, 7) is 0.646. The molecule has 29 heavy (non-hydrogen) atoms. The first-order valence-corrected chi connectivity index (χ1v) is 10.0. The van der Waals surface area contributed by atoms with Gasteiger partial charge < -0.3 is 21.1 Å². The summed E-state index contributed by atoms with van der Waals surface area (Å²) in [4.78, 5) is 49.5. The highest BCUT2D eigenvalue weighted by Gasteiger charge is 2.19. The van der Waals surface area contributed by atoms with E-state index in [4.69, 9.17) is 10.4 Å². The number of aliphatic carboxylic acids is 1. The minimum atomic E-state index is -3.82. The number of carbonyl (C=O) groups is 4. The zero-order valence-electron chi connectivity index (χ0n) is 15.6. The van der Waals surface area contributed by atoms with Crippen molar-refractivity contribution in [2.75, 3.05) is 19.3 Å². The lowest BCUT2D eigenvalue weighted by Crippen LogP contribution is -2.46. The van der Waals surface area contributed by atoms with Crippen LogP contribution >= 0.6 is 0 Å². The first kappa shape index (κ1) is 23.5. The third kappa shape index (κ3) is 7.54. The highest BCUT2D eigenvalue weighted by atomic mass is 32.2. The van der Waals surface area contributed by atoms with Crippen LogP contribution in [0.4, 0.5) is 0 Å². The molecule has 0 fully saturated rings. The Bertz CT molecular complexity index is 968. The summed E-state index contributed by atoms with van der Waals surface area (Å²) in [5.41, 5.74) is -0.440. The van der Waals surface area contributed by atoms with E-state index in [1.807, 2.05) is 0 Å². The van der Waals surface area contributed by atoms with Crippen molar-refractivity contribution in [2.45, 2.75) is 24.4 Å². The average molecular weight is 425 g/mol. The first-order chi connectivity index (χ1) is 13.5. The highest BCUT2D eigenvalue weighted by Crippen LogP contribution is 2.13. The zero-order chi connectivity index (χ0) is 22.2. The van der Waals surface area contributed by atoms with Gasteiger partial charge in [-0.05, 0) is 19.1 Å². The van der Waals surface area contributed by atoms with Gasteiger partial charge in [-0.2, -0.15) is 5.26 Å². The molecular formula is C16H19N5O7S. The lowest BCUT2D eigenvalue weighted by Gasteiger charge is -2.13. The monoisotopic (exact) mass is 425 g/mol. The molecule has 1 unspecified atom stereocenters. The second kappa shape index (κ2) is 10.1. The van der Waals surface area contributed by atoms with Crippen molar-refractivity contribution < 1.29 is 32.7 Å². The molecule has 1 rings (SSSR count). The number of carbonyl (C=O) groups excluding carboxylic acids is 3. The van der Waals surface area contributed by atoms with E-state index in [1.165, 1.54) is 13.0 Å². The second-order valence-corrected chi connectivity index (χ2v) is 7.77. The van der Waals surface area contributed by atoms with Gasteiger partial charge in [0.1, 0.15) is 24.3 Å². The number of carboxylic acids is 1. The Morgan fingerprint density at radius 3 is 2.45 bits per heavy atom. The summed E-state index contributed by atoms with van der Waals surface area (Å²) >= 11 is 0. The van der Waals surface area contributed by atoms with Gasteiger partial charge in [0.15, 0.2) is 14.9 Å². The number of nitrogens with zero attached hydrogens (tertiary/aromatic N) is 2. The molecule has 0 aliphatic heterocycles. The summed E-state index contributed by atoms with van der Waals surface area (Å²) in [5.74, 6) is -3.23. The van der Waals surface area contributed by atoms with E-state index in [1.54, 1.807) is 6.07 Å². The predicted octanol–water partition coefficient (Wildman–Crippen LogP) is -1.82. The van der Waals surface area contributed by atoms with Gasteiger partial charge in [-0.3, -0.25) is 19.2 Å². The van der Waals surface area contributed by atoms with Crippen molar-refractivity contribution >= 4 is 33.5 Å². The summed E-state index contributed by atoms with van der Waals surface area (Å²) in [5, 5.41) is 23.7. The predicted molar refractivity (Wildman–Crippen MR) is 97.3 cm³/mol. The summed E-state index contributed by atoms with van der Waals surface area (Å²) in [6.07, 6.45) is 0.660. The van der Waals surface area contributed by atoms with Crippen LogP contribution in [0.5, 0.6) is 0 Å². The summed E-state index contributed by atoms with van der Waals surface area (Å²) < 4.78 is 23.3. The van der Waals surface area contributed by atoms with Gasteiger partial charge in [-0.1, -0.05) is 0 Å². The van der Waals surface area contributed by atoms with Crippen molar-refractivity contribution in [1.29, 1.82) is 5.26 Å². The summed E-state index contributed by atoms with van der Waals surface area (Å²) in [6, 6.07) is 3.03. The topological polar surface area (TPSA) is 195 Å². The molecule has 1 atom stereocenters. The first-order valence-electron chi connectivity index (χ1n) is 8.14. The normalized spacial score (nSPS) is 11.6. The molecule has 1 aromatic rings. The Hall–Kier alpha value is -3.53. The van der Waals surface area contributed by atoms with E-state index in [0.717, 1.165) is 12.3 Å². The Morgan fingerprint density at radius 2 is 1.90 bits per heavy atom. The van der Waals surface area contributed by atoms with Crippen molar-refractivity contribution in [3.63, 3.8) is 0 Å². The molecule has 4 N–H and O–H groups in total. The number of pyridine rings is 1. The molecule has 0 bridgehead atoms. The molecule has 3 amide bonds. The van der Waals surface area contributed by atoms with Gasteiger partial charge in [-0.15, -0.1) is 0 Å². The molecule has 1 heterocycles. The largest absolute Gasteiger partial charge is 0.480 e. The molecule has 1 aromatic heterocycles. The smallest absolute Gasteiger partial charge is 0.322 e. The van der Waals surface area contributed by atoms with Crippen LogP contribution in [-0.4, -0.2) is 67.6 Å². The fraction of sp³-hybridized carbons (Fsp3) is 0.375. The minimum Gasteiger partial charge on any atom is -0.480 e. The number of carboxylic acid groups (broad SMARTS) is 1. The van der Waals surface area contributed by atoms with Crippen LogP contribution in [0.3, 0.4) is 0 Å². The van der Waals surface area contributed by atoms with Crippen molar-refractivity contribution in [3.8, 4) is 6.07 Å². The quantitative estimate of drug-likeness (QED) is 0.352. The number of hydrogen-bond donors (Lipinski definition) is 4. The van der Waals surface area contributed by atoms with Gasteiger partial charge in [0, 0.05) is 19.2 Å². The number of aromatic nitrogens is 1. The van der Waals surface area contributed by atoms with Crippen molar-refractivity contribution in [2.24, 2.45) is 0 Å². The van der Waals surface area contributed by atoms with E-state index in [9.17, 15) is 27.6 Å². The summed E-state index contributed by atoms with van der Waals surface area (Å²) in [7, 11) is -3.82. The lowest BCUT2D eigenvalue weighted by molar-refractivity contribution is -0.138. The Labute approximate surface area is 166 Å². The number of nitriles is 1. The van der Waals surface area contributed by atoms with Crippen molar-refractivity contribution in [3.05, 3.63) is 23.4 Å².